The molecule has 1 aromatic heterocycles. The van der Waals surface area contributed by atoms with Crippen LogP contribution in [0.2, 0.25) is 0 Å². The molecule has 1 aromatic rings. The van der Waals surface area contributed by atoms with E-state index in [1.165, 1.54) is 10.6 Å². The van der Waals surface area contributed by atoms with Crippen molar-refractivity contribution >= 4 is 12.2 Å². The highest BCUT2D eigenvalue weighted by atomic mass is 14.6. The molecular weight excluding hydrogens is 122 g/mol. The highest BCUT2D eigenvalue weighted by Gasteiger charge is 1.85. The summed E-state index contributed by atoms with van der Waals surface area (Å²) in [6.45, 7) is 0. The molecule has 1 aliphatic rings. The van der Waals surface area contributed by atoms with E-state index in [0.717, 1.165) is 6.42 Å². The Bertz CT molecular complexity index is 359. The van der Waals surface area contributed by atoms with E-state index in [-0.39, 0.29) is 1.43 Å². The van der Waals surface area contributed by atoms with Crippen LogP contribution >= 0.6 is 0 Å². The molecule has 1 nitrogen and oxygen atoms in total. The third-order valence-electron chi connectivity index (χ3n) is 1.68. The molecular formula is C9H11N. The van der Waals surface area contributed by atoms with E-state index in [4.69, 9.17) is 0 Å². The van der Waals surface area contributed by atoms with Gasteiger partial charge < -0.3 is 4.98 Å². The average Bonchev–Trinajstić information content (AvgIpc) is 2.28. The van der Waals surface area contributed by atoms with Crippen LogP contribution in [0.1, 0.15) is 7.85 Å². The molecule has 0 aromatic carbocycles. The van der Waals surface area contributed by atoms with Crippen molar-refractivity contribution in [1.29, 1.82) is 0 Å². The summed E-state index contributed by atoms with van der Waals surface area (Å²) < 4.78 is 0. The average molecular weight is 133 g/mol. The Morgan fingerprint density at radius 2 is 2.50 bits per heavy atom. The fourth-order valence-electron chi connectivity index (χ4n) is 1.15. The molecule has 52 valence electrons. The molecule has 0 amide bonds. The number of allylic oxidation sites excluding steroid dienone is 2. The molecule has 2 rings (SSSR count). The van der Waals surface area contributed by atoms with Crippen LogP contribution in [-0.4, -0.2) is 4.98 Å². The highest BCUT2D eigenvalue weighted by molar-refractivity contribution is 5.42. The van der Waals surface area contributed by atoms with Gasteiger partial charge in [-0.1, -0.05) is 24.3 Å². The molecule has 1 N–H and O–H groups in total. The van der Waals surface area contributed by atoms with Crippen molar-refractivity contribution in [1.82, 2.24) is 4.98 Å². The fraction of sp³-hybridized carbons (Fsp3) is 0.111. The lowest BCUT2D eigenvalue weighted by Crippen LogP contribution is -2.20. The second-order valence-corrected chi connectivity index (χ2v) is 2.38. The molecule has 0 fully saturated rings. The van der Waals surface area contributed by atoms with Gasteiger partial charge in [-0.25, -0.2) is 0 Å². The van der Waals surface area contributed by atoms with Gasteiger partial charge in [-0.05, 0) is 17.7 Å². The Kier molecular flexibility index (Phi) is 1.21. The molecule has 10 heavy (non-hydrogen) atoms. The lowest BCUT2D eigenvalue weighted by molar-refractivity contribution is 1.29. The zero-order valence-corrected chi connectivity index (χ0v) is 5.67. The number of hydrogen-bond donors (Lipinski definition) is 1. The first kappa shape index (κ1) is 5.54. The number of rotatable bonds is 0. The van der Waals surface area contributed by atoms with E-state index < -0.39 is 0 Å². The third-order valence-corrected chi connectivity index (χ3v) is 1.68. The maximum Gasteiger partial charge on any atom is 0.0416 e. The number of nitrogens with one attached hydrogen (secondary N) is 1. The minimum absolute atomic E-state index is 0. The quantitative estimate of drug-likeness (QED) is 0.538. The number of H-pyrrole nitrogens is 1. The van der Waals surface area contributed by atoms with Crippen molar-refractivity contribution in [2.24, 2.45) is 0 Å². The van der Waals surface area contributed by atoms with Gasteiger partial charge in [-0.15, -0.1) is 0 Å². The molecule has 0 bridgehead atoms. The predicted octanol–water partition coefficient (Wildman–Crippen LogP) is 0.782. The molecule has 1 heteroatoms. The van der Waals surface area contributed by atoms with Gasteiger partial charge in [0.05, 0.1) is 0 Å². The lowest BCUT2D eigenvalue weighted by Gasteiger charge is -1.74. The van der Waals surface area contributed by atoms with Crippen LogP contribution in [0, 0.1) is 0 Å². The van der Waals surface area contributed by atoms with E-state index in [2.05, 4.69) is 35.4 Å². The Labute approximate surface area is 60.9 Å². The van der Waals surface area contributed by atoms with E-state index in [9.17, 15) is 0 Å². The highest BCUT2D eigenvalue weighted by Crippen LogP contribution is 1.86. The topological polar surface area (TPSA) is 15.8 Å². The van der Waals surface area contributed by atoms with Gasteiger partial charge in [0.15, 0.2) is 0 Å². The van der Waals surface area contributed by atoms with Crippen LogP contribution in [0.5, 0.6) is 0 Å². The molecule has 0 saturated heterocycles. The second-order valence-electron chi connectivity index (χ2n) is 2.38. The molecule has 0 radical (unpaired) electrons. The molecule has 0 unspecified atom stereocenters. The summed E-state index contributed by atoms with van der Waals surface area (Å²) in [6, 6.07) is 2.08. The largest absolute Gasteiger partial charge is 0.361 e. The summed E-state index contributed by atoms with van der Waals surface area (Å²) >= 11 is 0. The van der Waals surface area contributed by atoms with Crippen LogP contribution in [0.4, 0.5) is 0 Å². The van der Waals surface area contributed by atoms with Crippen LogP contribution in [-0.2, 0) is 0 Å². The van der Waals surface area contributed by atoms with Crippen molar-refractivity contribution in [2.45, 2.75) is 6.42 Å². The van der Waals surface area contributed by atoms with Gasteiger partial charge in [-0.2, -0.15) is 0 Å². The van der Waals surface area contributed by atoms with Crippen molar-refractivity contribution in [3.05, 3.63) is 35.0 Å². The Morgan fingerprint density at radius 1 is 1.50 bits per heavy atom. The summed E-state index contributed by atoms with van der Waals surface area (Å²) in [5.74, 6) is 0. The number of fused-ring (bicyclic) bond motifs is 1. The van der Waals surface area contributed by atoms with Crippen LogP contribution in [0.3, 0.4) is 0 Å². The molecule has 1 heterocycles. The van der Waals surface area contributed by atoms with Gasteiger partial charge in [-0.3, -0.25) is 0 Å². The number of aromatic nitrogens is 1. The molecule has 0 aliphatic heterocycles. The first-order valence-electron chi connectivity index (χ1n) is 3.47. The van der Waals surface area contributed by atoms with Crippen molar-refractivity contribution in [2.75, 3.05) is 0 Å². The minimum Gasteiger partial charge on any atom is -0.361 e. The van der Waals surface area contributed by atoms with Gasteiger partial charge in [0.2, 0.25) is 0 Å². The Hall–Kier alpha value is -1.24. The van der Waals surface area contributed by atoms with Crippen LogP contribution < -0.4 is 10.6 Å². The van der Waals surface area contributed by atoms with Crippen LogP contribution in [0.15, 0.2) is 24.4 Å². The zero-order valence-electron chi connectivity index (χ0n) is 5.67. The monoisotopic (exact) mass is 133 g/mol. The Balaban J connectivity index is 0.000000605. The number of hydrogen-bond acceptors (Lipinski definition) is 0. The Morgan fingerprint density at radius 3 is 3.50 bits per heavy atom. The summed E-state index contributed by atoms with van der Waals surface area (Å²) in [7, 11) is 0. The molecule has 0 saturated carbocycles. The van der Waals surface area contributed by atoms with E-state index in [0.29, 0.717) is 0 Å². The standard InChI is InChI=1S/C9H9N.H2/c1-2-4-8-6-7-10-9(8)5-3-1;/h1-2,4-7,10H,3H2;1H. The van der Waals surface area contributed by atoms with Crippen molar-refractivity contribution in [3.8, 4) is 0 Å². The summed E-state index contributed by atoms with van der Waals surface area (Å²) in [5, 5.41) is 2.53. The summed E-state index contributed by atoms with van der Waals surface area (Å²) in [4.78, 5) is 3.17. The molecule has 0 spiro atoms. The maximum absolute atomic E-state index is 3.17. The lowest BCUT2D eigenvalue weighted by atomic mass is 10.4. The zero-order chi connectivity index (χ0) is 6.81. The van der Waals surface area contributed by atoms with E-state index in [1.54, 1.807) is 0 Å². The van der Waals surface area contributed by atoms with E-state index >= 15 is 0 Å². The predicted molar refractivity (Wildman–Crippen MR) is 44.8 cm³/mol. The minimum atomic E-state index is 0. The van der Waals surface area contributed by atoms with Gasteiger partial charge in [0.25, 0.3) is 0 Å². The van der Waals surface area contributed by atoms with Gasteiger partial charge >= 0.3 is 0 Å². The SMILES string of the molecule is C1=CCC=c2[nH]ccc2=C1.[HH]. The molecule has 1 aliphatic carbocycles. The first-order chi connectivity index (χ1) is 4.97. The van der Waals surface area contributed by atoms with Crippen molar-refractivity contribution < 1.29 is 1.43 Å². The smallest absolute Gasteiger partial charge is 0.0416 e. The third kappa shape index (κ3) is 0.798. The molecule has 0 atom stereocenters. The van der Waals surface area contributed by atoms with Gasteiger partial charge in [0.1, 0.15) is 0 Å². The van der Waals surface area contributed by atoms with Gasteiger partial charge in [0, 0.05) is 13.0 Å². The summed E-state index contributed by atoms with van der Waals surface area (Å²) in [5.41, 5.74) is 0. The normalized spacial score (nSPS) is 14.8. The maximum atomic E-state index is 3.17. The van der Waals surface area contributed by atoms with Crippen molar-refractivity contribution in [3.63, 3.8) is 0 Å². The summed E-state index contributed by atoms with van der Waals surface area (Å²) in [6.07, 6.45) is 11.6. The van der Waals surface area contributed by atoms with Crippen LogP contribution in [0.25, 0.3) is 12.2 Å². The first-order valence-corrected chi connectivity index (χ1v) is 3.47. The number of aromatic amines is 1. The second kappa shape index (κ2) is 2.18. The fourth-order valence-corrected chi connectivity index (χ4v) is 1.15. The van der Waals surface area contributed by atoms with E-state index in [1.807, 2.05) is 6.20 Å².